The van der Waals surface area contributed by atoms with Crippen LogP contribution in [0.1, 0.15) is 31.3 Å². The topological polar surface area (TPSA) is 37.8 Å². The number of hydrogen-bond donors (Lipinski definition) is 1. The van der Waals surface area contributed by atoms with Crippen molar-refractivity contribution in [3.05, 3.63) is 33.5 Å². The molecule has 5 heteroatoms. The maximum atomic E-state index is 4.83. The monoisotopic (exact) mass is 353 g/mol. The Bertz CT molecular complexity index is 566. The first-order chi connectivity index (χ1) is 9.60. The van der Waals surface area contributed by atoms with Gasteiger partial charge in [-0.2, -0.15) is 0 Å². The molecular formula is C15H20BrN3S. The number of thiazole rings is 1. The second-order valence-electron chi connectivity index (χ2n) is 5.16. The van der Waals surface area contributed by atoms with Gasteiger partial charge < -0.3 is 5.32 Å². The van der Waals surface area contributed by atoms with E-state index in [-0.39, 0.29) is 0 Å². The zero-order valence-electron chi connectivity index (χ0n) is 12.1. The van der Waals surface area contributed by atoms with Crippen LogP contribution < -0.4 is 5.32 Å². The van der Waals surface area contributed by atoms with E-state index in [1.54, 1.807) is 17.5 Å². The summed E-state index contributed by atoms with van der Waals surface area (Å²) in [6, 6.07) is 2.07. The van der Waals surface area contributed by atoms with Crippen LogP contribution in [0, 0.1) is 5.92 Å². The van der Waals surface area contributed by atoms with Crippen LogP contribution in [0.5, 0.6) is 0 Å². The standard InChI is InChI=1S/C15H20BrN3S/c1-4-17-9-14-13(5-10(2)3)19-15(20-14)11-6-12(16)8-18-7-11/h6-8,10,17H,4-5,9H2,1-3H3. The molecule has 0 aliphatic heterocycles. The van der Waals surface area contributed by atoms with Crippen LogP contribution in [-0.2, 0) is 13.0 Å². The van der Waals surface area contributed by atoms with Gasteiger partial charge in [0.05, 0.1) is 5.69 Å². The highest BCUT2D eigenvalue weighted by atomic mass is 79.9. The Hall–Kier alpha value is -0.780. The number of nitrogens with zero attached hydrogens (tertiary/aromatic N) is 2. The highest BCUT2D eigenvalue weighted by Gasteiger charge is 2.14. The number of hydrogen-bond acceptors (Lipinski definition) is 4. The fourth-order valence-corrected chi connectivity index (χ4v) is 3.36. The van der Waals surface area contributed by atoms with Crippen molar-refractivity contribution in [1.29, 1.82) is 0 Å². The minimum atomic E-state index is 0.617. The molecule has 0 aromatic carbocycles. The van der Waals surface area contributed by atoms with Crippen molar-refractivity contribution >= 4 is 27.3 Å². The lowest BCUT2D eigenvalue weighted by Gasteiger charge is -2.04. The first-order valence-corrected chi connectivity index (χ1v) is 8.51. The largest absolute Gasteiger partial charge is 0.312 e. The molecule has 0 spiro atoms. The van der Waals surface area contributed by atoms with Crippen LogP contribution in [0.3, 0.4) is 0 Å². The molecule has 2 rings (SSSR count). The molecule has 0 aliphatic carbocycles. The summed E-state index contributed by atoms with van der Waals surface area (Å²) < 4.78 is 0.990. The molecule has 2 heterocycles. The van der Waals surface area contributed by atoms with Gasteiger partial charge in [-0.1, -0.05) is 20.8 Å². The van der Waals surface area contributed by atoms with Crippen LogP contribution in [0.2, 0.25) is 0 Å². The van der Waals surface area contributed by atoms with Gasteiger partial charge >= 0.3 is 0 Å². The van der Waals surface area contributed by atoms with E-state index in [0.717, 1.165) is 34.6 Å². The summed E-state index contributed by atoms with van der Waals surface area (Å²) in [4.78, 5) is 10.4. The number of aromatic nitrogens is 2. The minimum Gasteiger partial charge on any atom is -0.312 e. The lowest BCUT2D eigenvalue weighted by Crippen LogP contribution is -2.12. The molecule has 3 nitrogen and oxygen atoms in total. The van der Waals surface area contributed by atoms with Gasteiger partial charge in [0.2, 0.25) is 0 Å². The van der Waals surface area contributed by atoms with E-state index in [1.807, 2.05) is 6.20 Å². The fraction of sp³-hybridized carbons (Fsp3) is 0.467. The summed E-state index contributed by atoms with van der Waals surface area (Å²) in [5, 5.41) is 4.46. The molecule has 20 heavy (non-hydrogen) atoms. The molecular weight excluding hydrogens is 334 g/mol. The van der Waals surface area contributed by atoms with Gasteiger partial charge in [0.25, 0.3) is 0 Å². The van der Waals surface area contributed by atoms with Crippen molar-refractivity contribution in [3.8, 4) is 10.6 Å². The van der Waals surface area contributed by atoms with Crippen LogP contribution in [0.15, 0.2) is 22.9 Å². The Morgan fingerprint density at radius 2 is 2.15 bits per heavy atom. The van der Waals surface area contributed by atoms with Crippen molar-refractivity contribution in [2.75, 3.05) is 6.54 Å². The predicted molar refractivity (Wildman–Crippen MR) is 89.0 cm³/mol. The highest BCUT2D eigenvalue weighted by Crippen LogP contribution is 2.30. The molecule has 0 fully saturated rings. The number of nitrogens with one attached hydrogen (secondary N) is 1. The molecule has 0 amide bonds. The van der Waals surface area contributed by atoms with Gasteiger partial charge in [-0.15, -0.1) is 11.3 Å². The van der Waals surface area contributed by atoms with Crippen molar-refractivity contribution in [2.24, 2.45) is 5.92 Å². The van der Waals surface area contributed by atoms with Crippen LogP contribution in [0.25, 0.3) is 10.6 Å². The molecule has 0 radical (unpaired) electrons. The molecule has 1 N–H and O–H groups in total. The third-order valence-corrected chi connectivity index (χ3v) is 4.45. The lowest BCUT2D eigenvalue weighted by molar-refractivity contribution is 0.628. The summed E-state index contributed by atoms with van der Waals surface area (Å²) in [5.41, 5.74) is 2.30. The maximum absolute atomic E-state index is 4.83. The zero-order chi connectivity index (χ0) is 14.5. The summed E-state index contributed by atoms with van der Waals surface area (Å²) in [6.45, 7) is 8.47. The molecule has 0 bridgehead atoms. The number of rotatable bonds is 6. The molecule has 0 unspecified atom stereocenters. The fourth-order valence-electron chi connectivity index (χ4n) is 1.96. The molecule has 2 aromatic heterocycles. The molecule has 108 valence electrons. The average molecular weight is 354 g/mol. The van der Waals surface area contributed by atoms with E-state index < -0.39 is 0 Å². The van der Waals surface area contributed by atoms with Crippen molar-refractivity contribution in [1.82, 2.24) is 15.3 Å². The first-order valence-electron chi connectivity index (χ1n) is 6.90. The SMILES string of the molecule is CCNCc1sc(-c2cncc(Br)c2)nc1CC(C)C. The molecule has 0 aliphatic rings. The van der Waals surface area contributed by atoms with Crippen molar-refractivity contribution < 1.29 is 0 Å². The number of pyridine rings is 1. The van der Waals surface area contributed by atoms with Crippen molar-refractivity contribution in [3.63, 3.8) is 0 Å². The Morgan fingerprint density at radius 1 is 1.35 bits per heavy atom. The Morgan fingerprint density at radius 3 is 2.80 bits per heavy atom. The lowest BCUT2D eigenvalue weighted by atomic mass is 10.1. The van der Waals surface area contributed by atoms with Crippen LogP contribution in [-0.4, -0.2) is 16.5 Å². The zero-order valence-corrected chi connectivity index (χ0v) is 14.5. The molecule has 0 saturated heterocycles. The van der Waals surface area contributed by atoms with Gasteiger partial charge in [-0.05, 0) is 40.9 Å². The quantitative estimate of drug-likeness (QED) is 0.842. The van der Waals surface area contributed by atoms with E-state index in [0.29, 0.717) is 5.92 Å². The normalized spacial score (nSPS) is 11.2. The minimum absolute atomic E-state index is 0.617. The highest BCUT2D eigenvalue weighted by molar-refractivity contribution is 9.10. The van der Waals surface area contributed by atoms with Crippen LogP contribution >= 0.6 is 27.3 Å². The first kappa shape index (κ1) is 15.6. The Kier molecular flexibility index (Phi) is 5.69. The summed E-state index contributed by atoms with van der Waals surface area (Å²) in [5.74, 6) is 0.617. The van der Waals surface area contributed by atoms with Gasteiger partial charge in [-0.3, -0.25) is 4.98 Å². The maximum Gasteiger partial charge on any atom is 0.125 e. The van der Waals surface area contributed by atoms with E-state index in [9.17, 15) is 0 Å². The third-order valence-electron chi connectivity index (χ3n) is 2.87. The molecule has 0 saturated carbocycles. The van der Waals surface area contributed by atoms with Crippen LogP contribution in [0.4, 0.5) is 0 Å². The summed E-state index contributed by atoms with van der Waals surface area (Å²) >= 11 is 5.24. The molecule has 2 aromatic rings. The second kappa shape index (κ2) is 7.29. The third kappa shape index (κ3) is 4.11. The second-order valence-corrected chi connectivity index (χ2v) is 7.16. The van der Waals surface area contributed by atoms with Gasteiger partial charge in [0, 0.05) is 33.9 Å². The summed E-state index contributed by atoms with van der Waals surface area (Å²) in [7, 11) is 0. The smallest absolute Gasteiger partial charge is 0.125 e. The Balaban J connectivity index is 2.32. The van der Waals surface area contributed by atoms with E-state index >= 15 is 0 Å². The average Bonchev–Trinajstić information content (AvgIpc) is 2.78. The van der Waals surface area contributed by atoms with Crippen molar-refractivity contribution in [2.45, 2.75) is 33.7 Å². The van der Waals surface area contributed by atoms with Gasteiger partial charge in [0.1, 0.15) is 5.01 Å². The summed E-state index contributed by atoms with van der Waals surface area (Å²) in [6.07, 6.45) is 4.70. The van der Waals surface area contributed by atoms with E-state index in [2.05, 4.69) is 53.1 Å². The predicted octanol–water partition coefficient (Wildman–Crippen LogP) is 4.28. The number of halogens is 1. The van der Waals surface area contributed by atoms with Gasteiger partial charge in [-0.25, -0.2) is 4.98 Å². The van der Waals surface area contributed by atoms with E-state index in [4.69, 9.17) is 4.98 Å². The van der Waals surface area contributed by atoms with E-state index in [1.165, 1.54) is 10.6 Å². The molecule has 0 atom stereocenters. The Labute approximate surface area is 133 Å². The van der Waals surface area contributed by atoms with Gasteiger partial charge in [0.15, 0.2) is 0 Å².